The third-order valence-electron chi connectivity index (χ3n) is 4.88. The van der Waals surface area contributed by atoms with E-state index < -0.39 is 0 Å². The normalized spacial score (nSPS) is 22.2. The average Bonchev–Trinajstić information content (AvgIpc) is 3.34. The standard InChI is InChI=1S/C19H28N4O3/c24-18(8-3-14-9-10-20-12-14)22-15-4-6-16(7-5-15)23-19(25)21-13-17-2-1-11-26-17/h4-7,14,17,20H,1-3,8-13H2,(H,22,24)(H2,21,23,25). The van der Waals surface area contributed by atoms with E-state index in [2.05, 4.69) is 21.3 Å². The van der Waals surface area contributed by atoms with Gasteiger partial charge in [-0.1, -0.05) is 0 Å². The number of nitrogens with one attached hydrogen (secondary N) is 4. The SMILES string of the molecule is O=C(CCC1CCNC1)Nc1ccc(NC(=O)NCC2CCCO2)cc1. The summed E-state index contributed by atoms with van der Waals surface area (Å²) in [6, 6.07) is 6.90. The number of carbonyl (C=O) groups excluding carboxylic acids is 2. The summed E-state index contributed by atoms with van der Waals surface area (Å²) in [5.74, 6) is 0.646. The molecule has 7 heteroatoms. The molecule has 0 spiro atoms. The number of hydrogen-bond donors (Lipinski definition) is 4. The largest absolute Gasteiger partial charge is 0.376 e. The highest BCUT2D eigenvalue weighted by Crippen LogP contribution is 2.17. The number of hydrogen-bond acceptors (Lipinski definition) is 4. The highest BCUT2D eigenvalue weighted by atomic mass is 16.5. The molecule has 2 heterocycles. The van der Waals surface area contributed by atoms with E-state index in [-0.39, 0.29) is 18.0 Å². The highest BCUT2D eigenvalue weighted by Gasteiger charge is 2.17. The number of carbonyl (C=O) groups is 2. The van der Waals surface area contributed by atoms with Crippen LogP contribution >= 0.6 is 0 Å². The molecule has 4 N–H and O–H groups in total. The Morgan fingerprint density at radius 3 is 2.54 bits per heavy atom. The van der Waals surface area contributed by atoms with Gasteiger partial charge in [-0.3, -0.25) is 4.79 Å². The number of anilines is 2. The predicted octanol–water partition coefficient (Wildman–Crippen LogP) is 2.32. The zero-order chi connectivity index (χ0) is 18.2. The first-order valence-corrected chi connectivity index (χ1v) is 9.46. The van der Waals surface area contributed by atoms with Crippen molar-refractivity contribution in [2.24, 2.45) is 5.92 Å². The van der Waals surface area contributed by atoms with Crippen LogP contribution in [-0.4, -0.2) is 44.3 Å². The Morgan fingerprint density at radius 1 is 1.12 bits per heavy atom. The van der Waals surface area contributed by atoms with Crippen molar-refractivity contribution < 1.29 is 14.3 Å². The number of urea groups is 1. The van der Waals surface area contributed by atoms with E-state index in [0.29, 0.717) is 24.6 Å². The fourth-order valence-electron chi connectivity index (χ4n) is 3.34. The minimum absolute atomic E-state index is 0.0342. The summed E-state index contributed by atoms with van der Waals surface area (Å²) < 4.78 is 5.47. The van der Waals surface area contributed by atoms with E-state index in [1.54, 1.807) is 24.3 Å². The van der Waals surface area contributed by atoms with Gasteiger partial charge < -0.3 is 26.0 Å². The van der Waals surface area contributed by atoms with Gasteiger partial charge in [0.1, 0.15) is 0 Å². The van der Waals surface area contributed by atoms with E-state index in [1.807, 2.05) is 0 Å². The molecule has 1 aromatic carbocycles. The minimum atomic E-state index is -0.248. The summed E-state index contributed by atoms with van der Waals surface area (Å²) in [6.45, 7) is 3.37. The quantitative estimate of drug-likeness (QED) is 0.600. The second kappa shape index (κ2) is 9.54. The molecule has 2 aliphatic rings. The minimum Gasteiger partial charge on any atom is -0.376 e. The number of benzene rings is 1. The molecule has 0 aliphatic carbocycles. The Kier molecular flexibility index (Phi) is 6.85. The van der Waals surface area contributed by atoms with E-state index in [0.717, 1.165) is 51.1 Å². The van der Waals surface area contributed by atoms with Crippen molar-refractivity contribution in [3.63, 3.8) is 0 Å². The lowest BCUT2D eigenvalue weighted by molar-refractivity contribution is -0.116. The molecule has 2 saturated heterocycles. The van der Waals surface area contributed by atoms with Crippen molar-refractivity contribution in [3.05, 3.63) is 24.3 Å². The summed E-state index contributed by atoms with van der Waals surface area (Å²) >= 11 is 0. The molecule has 26 heavy (non-hydrogen) atoms. The Bertz CT molecular complexity index is 540. The summed E-state index contributed by atoms with van der Waals surface area (Å²) in [5.41, 5.74) is 1.43. The number of rotatable bonds is 7. The molecule has 0 saturated carbocycles. The molecule has 2 fully saturated rings. The zero-order valence-corrected chi connectivity index (χ0v) is 15.1. The molecular weight excluding hydrogens is 332 g/mol. The van der Waals surface area contributed by atoms with E-state index in [1.165, 1.54) is 0 Å². The van der Waals surface area contributed by atoms with Gasteiger partial charge >= 0.3 is 6.03 Å². The third kappa shape index (κ3) is 6.00. The summed E-state index contributed by atoms with van der Waals surface area (Å²) in [7, 11) is 0. The lowest BCUT2D eigenvalue weighted by Gasteiger charge is -2.12. The van der Waals surface area contributed by atoms with Crippen molar-refractivity contribution in [2.75, 3.05) is 36.9 Å². The van der Waals surface area contributed by atoms with Crippen LogP contribution in [0.3, 0.4) is 0 Å². The van der Waals surface area contributed by atoms with Crippen LogP contribution in [0.15, 0.2) is 24.3 Å². The van der Waals surface area contributed by atoms with Crippen molar-refractivity contribution in [1.29, 1.82) is 0 Å². The van der Waals surface area contributed by atoms with E-state index in [4.69, 9.17) is 4.74 Å². The van der Waals surface area contributed by atoms with Gasteiger partial charge in [-0.2, -0.15) is 0 Å². The summed E-state index contributed by atoms with van der Waals surface area (Å²) in [4.78, 5) is 23.9. The first-order valence-electron chi connectivity index (χ1n) is 9.46. The second-order valence-electron chi connectivity index (χ2n) is 6.99. The average molecular weight is 360 g/mol. The molecule has 1 aromatic rings. The summed E-state index contributed by atoms with van der Waals surface area (Å²) in [6.07, 6.45) is 4.78. The van der Waals surface area contributed by atoms with Crippen LogP contribution < -0.4 is 21.3 Å². The van der Waals surface area contributed by atoms with Gasteiger partial charge in [0.25, 0.3) is 0 Å². The van der Waals surface area contributed by atoms with E-state index in [9.17, 15) is 9.59 Å². The van der Waals surface area contributed by atoms with Gasteiger partial charge in [-0.25, -0.2) is 4.79 Å². The molecule has 2 atom stereocenters. The zero-order valence-electron chi connectivity index (χ0n) is 15.1. The van der Waals surface area contributed by atoms with Crippen LogP contribution in [0.5, 0.6) is 0 Å². The smallest absolute Gasteiger partial charge is 0.319 e. The van der Waals surface area contributed by atoms with Crippen LogP contribution in [0.1, 0.15) is 32.1 Å². The fourth-order valence-corrected chi connectivity index (χ4v) is 3.34. The predicted molar refractivity (Wildman–Crippen MR) is 101 cm³/mol. The van der Waals surface area contributed by atoms with Gasteiger partial charge in [0, 0.05) is 30.9 Å². The Balaban J connectivity index is 1.36. The molecule has 0 bridgehead atoms. The maximum absolute atomic E-state index is 12.0. The van der Waals surface area contributed by atoms with Crippen LogP contribution in [0.25, 0.3) is 0 Å². The molecule has 0 radical (unpaired) electrons. The van der Waals surface area contributed by atoms with Gasteiger partial charge in [-0.05, 0) is 69.0 Å². The summed E-state index contributed by atoms with van der Waals surface area (Å²) in [5, 5.41) is 11.8. The first kappa shape index (κ1) is 18.7. The van der Waals surface area contributed by atoms with Crippen molar-refractivity contribution in [3.8, 4) is 0 Å². The lowest BCUT2D eigenvalue weighted by Crippen LogP contribution is -2.35. The van der Waals surface area contributed by atoms with Gasteiger partial charge in [0.05, 0.1) is 6.10 Å². The topological polar surface area (TPSA) is 91.5 Å². The van der Waals surface area contributed by atoms with Crippen molar-refractivity contribution >= 4 is 23.3 Å². The Labute approximate surface area is 154 Å². The van der Waals surface area contributed by atoms with Gasteiger partial charge in [0.15, 0.2) is 0 Å². The molecule has 3 rings (SSSR count). The third-order valence-corrected chi connectivity index (χ3v) is 4.88. The maximum atomic E-state index is 12.0. The maximum Gasteiger partial charge on any atom is 0.319 e. The van der Waals surface area contributed by atoms with Crippen molar-refractivity contribution in [2.45, 2.75) is 38.2 Å². The molecule has 3 amide bonds. The highest BCUT2D eigenvalue weighted by molar-refractivity contribution is 5.92. The number of amides is 3. The van der Waals surface area contributed by atoms with Crippen LogP contribution in [0.4, 0.5) is 16.2 Å². The van der Waals surface area contributed by atoms with Gasteiger partial charge in [0.2, 0.25) is 5.91 Å². The first-order chi connectivity index (χ1) is 12.7. The fraction of sp³-hybridized carbons (Fsp3) is 0.579. The molecule has 7 nitrogen and oxygen atoms in total. The number of ether oxygens (including phenoxy) is 1. The second-order valence-corrected chi connectivity index (χ2v) is 6.99. The van der Waals surface area contributed by atoms with Gasteiger partial charge in [-0.15, -0.1) is 0 Å². The Morgan fingerprint density at radius 2 is 1.88 bits per heavy atom. The molecular formula is C19H28N4O3. The molecule has 142 valence electrons. The van der Waals surface area contributed by atoms with Crippen LogP contribution in [-0.2, 0) is 9.53 Å². The molecule has 2 aliphatic heterocycles. The van der Waals surface area contributed by atoms with Crippen LogP contribution in [0, 0.1) is 5.92 Å². The molecule has 2 unspecified atom stereocenters. The molecule has 0 aromatic heterocycles. The Hall–Kier alpha value is -2.12. The monoisotopic (exact) mass is 360 g/mol. The van der Waals surface area contributed by atoms with Crippen molar-refractivity contribution in [1.82, 2.24) is 10.6 Å². The van der Waals surface area contributed by atoms with E-state index >= 15 is 0 Å². The van der Waals surface area contributed by atoms with Crippen LogP contribution in [0.2, 0.25) is 0 Å². The lowest BCUT2D eigenvalue weighted by atomic mass is 10.0.